The van der Waals surface area contributed by atoms with Gasteiger partial charge in [0, 0.05) is 20.6 Å². The third-order valence-electron chi connectivity index (χ3n) is 2.84. The Morgan fingerprint density at radius 3 is 2.73 bits per heavy atom. The van der Waals surface area contributed by atoms with Gasteiger partial charge in [0.2, 0.25) is 0 Å². The first-order valence-corrected chi connectivity index (χ1v) is 5.34. The average Bonchev–Trinajstić information content (AvgIpc) is 2.19. The van der Waals surface area contributed by atoms with Crippen LogP contribution in [-0.2, 0) is 9.47 Å². The molecule has 0 aliphatic heterocycles. The van der Waals surface area contributed by atoms with Gasteiger partial charge in [-0.3, -0.25) is 0 Å². The molecule has 1 rings (SSSR count). The molecule has 0 aromatic carbocycles. The normalized spacial score (nSPS) is 26.2. The zero-order valence-electron chi connectivity index (χ0n) is 9.69. The van der Waals surface area contributed by atoms with E-state index in [9.17, 15) is 0 Å². The molecule has 0 fully saturated rings. The van der Waals surface area contributed by atoms with E-state index >= 15 is 0 Å². The lowest BCUT2D eigenvalue weighted by Crippen LogP contribution is -2.23. The molecule has 0 heterocycles. The molecule has 3 heteroatoms. The summed E-state index contributed by atoms with van der Waals surface area (Å²) in [6, 6.07) is 2.24. The Bertz CT molecular complexity index is 263. The lowest BCUT2D eigenvalue weighted by molar-refractivity contribution is -0.0790. The largest absolute Gasteiger partial charge is 0.352 e. The number of nitrogens with zero attached hydrogens (tertiary/aromatic N) is 1. The molecule has 0 aromatic heterocycles. The van der Waals surface area contributed by atoms with Gasteiger partial charge in [-0.05, 0) is 30.3 Å². The van der Waals surface area contributed by atoms with Crippen molar-refractivity contribution in [3.8, 4) is 6.07 Å². The van der Waals surface area contributed by atoms with Crippen molar-refractivity contribution in [3.05, 3.63) is 11.6 Å². The molecule has 1 aliphatic carbocycles. The first kappa shape index (κ1) is 12.2. The van der Waals surface area contributed by atoms with Gasteiger partial charge in [-0.2, -0.15) is 5.26 Å². The number of allylic oxidation sites excluding steroid dienone is 1. The van der Waals surface area contributed by atoms with Crippen LogP contribution in [0.3, 0.4) is 0 Å². The summed E-state index contributed by atoms with van der Waals surface area (Å²) in [5.74, 6) is 0.970. The zero-order chi connectivity index (χ0) is 11.3. The highest BCUT2D eigenvalue weighted by atomic mass is 16.7. The van der Waals surface area contributed by atoms with Gasteiger partial charge < -0.3 is 9.47 Å². The highest BCUT2D eigenvalue weighted by molar-refractivity contribution is 5.12. The van der Waals surface area contributed by atoms with Gasteiger partial charge >= 0.3 is 0 Å². The molecule has 3 nitrogen and oxygen atoms in total. The van der Waals surface area contributed by atoms with E-state index in [1.807, 2.05) is 0 Å². The maximum Gasteiger partial charge on any atom is 0.179 e. The Hall–Kier alpha value is -0.850. The summed E-state index contributed by atoms with van der Waals surface area (Å²) in [6.45, 7) is 2.17. The SMILES string of the molecule is COC(OC)C1=CC(C)CC(CC#N)C1. The van der Waals surface area contributed by atoms with Crippen molar-refractivity contribution in [1.82, 2.24) is 0 Å². The fourth-order valence-electron chi connectivity index (χ4n) is 2.30. The molecule has 0 radical (unpaired) electrons. The summed E-state index contributed by atoms with van der Waals surface area (Å²) in [6.07, 6.45) is 4.61. The second-order valence-corrected chi connectivity index (χ2v) is 4.19. The quantitative estimate of drug-likeness (QED) is 0.527. The molecular formula is C12H19NO2. The number of ether oxygens (including phenoxy) is 2. The van der Waals surface area contributed by atoms with Crippen molar-refractivity contribution < 1.29 is 9.47 Å². The number of hydrogen-bond donors (Lipinski definition) is 0. The van der Waals surface area contributed by atoms with E-state index in [4.69, 9.17) is 14.7 Å². The second kappa shape index (κ2) is 5.89. The molecule has 2 atom stereocenters. The maximum absolute atomic E-state index is 8.71. The minimum Gasteiger partial charge on any atom is -0.352 e. The fourth-order valence-corrected chi connectivity index (χ4v) is 2.30. The fraction of sp³-hybridized carbons (Fsp3) is 0.750. The number of hydrogen-bond acceptors (Lipinski definition) is 3. The predicted octanol–water partition coefficient (Wildman–Crippen LogP) is 2.49. The molecule has 1 aliphatic rings. The smallest absolute Gasteiger partial charge is 0.179 e. The van der Waals surface area contributed by atoms with Crippen LogP contribution in [0.5, 0.6) is 0 Å². The molecule has 0 saturated heterocycles. The molecule has 0 bridgehead atoms. The summed E-state index contributed by atoms with van der Waals surface area (Å²) < 4.78 is 10.5. The third-order valence-corrected chi connectivity index (χ3v) is 2.84. The second-order valence-electron chi connectivity index (χ2n) is 4.19. The zero-order valence-corrected chi connectivity index (χ0v) is 9.69. The van der Waals surface area contributed by atoms with Crippen LogP contribution in [0.25, 0.3) is 0 Å². The van der Waals surface area contributed by atoms with Crippen LogP contribution >= 0.6 is 0 Å². The Morgan fingerprint density at radius 2 is 2.20 bits per heavy atom. The summed E-state index contributed by atoms with van der Waals surface area (Å²) in [7, 11) is 3.29. The molecule has 0 spiro atoms. The van der Waals surface area contributed by atoms with Gasteiger partial charge in [0.05, 0.1) is 6.07 Å². The van der Waals surface area contributed by atoms with Gasteiger partial charge in [0.1, 0.15) is 0 Å². The van der Waals surface area contributed by atoms with Crippen LogP contribution < -0.4 is 0 Å². The first-order chi connectivity index (χ1) is 7.21. The molecule has 0 amide bonds. The van der Waals surface area contributed by atoms with Crippen molar-refractivity contribution in [2.45, 2.75) is 32.5 Å². The van der Waals surface area contributed by atoms with Gasteiger partial charge in [-0.15, -0.1) is 0 Å². The highest BCUT2D eigenvalue weighted by Crippen LogP contribution is 2.32. The molecular weight excluding hydrogens is 190 g/mol. The van der Waals surface area contributed by atoms with E-state index in [2.05, 4.69) is 19.1 Å². The summed E-state index contributed by atoms with van der Waals surface area (Å²) in [4.78, 5) is 0. The van der Waals surface area contributed by atoms with Crippen molar-refractivity contribution >= 4 is 0 Å². The Kier molecular flexibility index (Phi) is 4.80. The van der Waals surface area contributed by atoms with Crippen LogP contribution in [0.2, 0.25) is 0 Å². The summed E-state index contributed by atoms with van der Waals surface area (Å²) >= 11 is 0. The molecule has 0 N–H and O–H groups in total. The minimum absolute atomic E-state index is 0.242. The van der Waals surface area contributed by atoms with E-state index in [0.717, 1.165) is 12.8 Å². The molecule has 84 valence electrons. The van der Waals surface area contributed by atoms with Gasteiger partial charge in [-0.1, -0.05) is 13.0 Å². The van der Waals surface area contributed by atoms with Crippen LogP contribution in [0, 0.1) is 23.2 Å². The lowest BCUT2D eigenvalue weighted by atomic mass is 9.81. The van der Waals surface area contributed by atoms with Gasteiger partial charge in [-0.25, -0.2) is 0 Å². The van der Waals surface area contributed by atoms with Crippen molar-refractivity contribution in [2.24, 2.45) is 11.8 Å². The van der Waals surface area contributed by atoms with E-state index < -0.39 is 0 Å². The van der Waals surface area contributed by atoms with Crippen molar-refractivity contribution in [2.75, 3.05) is 14.2 Å². The number of nitriles is 1. The van der Waals surface area contributed by atoms with E-state index in [1.165, 1.54) is 5.57 Å². The average molecular weight is 209 g/mol. The summed E-state index contributed by atoms with van der Waals surface area (Å²) in [5.41, 5.74) is 1.18. The first-order valence-electron chi connectivity index (χ1n) is 5.34. The Balaban J connectivity index is 2.68. The van der Waals surface area contributed by atoms with Gasteiger partial charge in [0.15, 0.2) is 6.29 Å². The number of methoxy groups -OCH3 is 2. The summed E-state index contributed by atoms with van der Waals surface area (Å²) in [5, 5.41) is 8.71. The monoisotopic (exact) mass is 209 g/mol. The van der Waals surface area contributed by atoms with E-state index in [0.29, 0.717) is 18.3 Å². The molecule has 15 heavy (non-hydrogen) atoms. The standard InChI is InChI=1S/C12H19NO2/c1-9-6-10(4-5-13)8-11(7-9)12(14-2)15-3/h7,9-10,12H,4,6,8H2,1-3H3. The Labute approximate surface area is 91.7 Å². The lowest BCUT2D eigenvalue weighted by Gasteiger charge is -2.28. The third kappa shape index (κ3) is 3.33. The minimum atomic E-state index is -0.242. The van der Waals surface area contributed by atoms with Crippen LogP contribution in [0.4, 0.5) is 0 Å². The molecule has 0 aromatic rings. The highest BCUT2D eigenvalue weighted by Gasteiger charge is 2.24. The maximum atomic E-state index is 8.71. The number of rotatable bonds is 4. The topological polar surface area (TPSA) is 42.2 Å². The predicted molar refractivity (Wildman–Crippen MR) is 58.0 cm³/mol. The van der Waals surface area contributed by atoms with Crippen molar-refractivity contribution in [1.29, 1.82) is 5.26 Å². The van der Waals surface area contributed by atoms with Crippen molar-refractivity contribution in [3.63, 3.8) is 0 Å². The van der Waals surface area contributed by atoms with E-state index in [1.54, 1.807) is 14.2 Å². The van der Waals surface area contributed by atoms with Crippen LogP contribution in [0.1, 0.15) is 26.2 Å². The van der Waals surface area contributed by atoms with Crippen LogP contribution in [-0.4, -0.2) is 20.5 Å². The molecule has 2 unspecified atom stereocenters. The van der Waals surface area contributed by atoms with Gasteiger partial charge in [0.25, 0.3) is 0 Å². The molecule has 0 saturated carbocycles. The Morgan fingerprint density at radius 1 is 1.53 bits per heavy atom. The van der Waals surface area contributed by atoms with E-state index in [-0.39, 0.29) is 6.29 Å². The van der Waals surface area contributed by atoms with Crippen LogP contribution in [0.15, 0.2) is 11.6 Å².